The Morgan fingerprint density at radius 2 is 2.15 bits per heavy atom. The van der Waals surface area contributed by atoms with E-state index in [-0.39, 0.29) is 5.92 Å². The van der Waals surface area contributed by atoms with E-state index in [1.807, 2.05) is 6.92 Å². The Hall–Kier alpha value is -0.120. The summed E-state index contributed by atoms with van der Waals surface area (Å²) in [6, 6.07) is 0. The number of alkyl halides is 1. The molecule has 0 saturated carbocycles. The summed E-state index contributed by atoms with van der Waals surface area (Å²) in [6.45, 7) is 2.96. The lowest BCUT2D eigenvalue weighted by molar-refractivity contribution is -0.181. The largest absolute Gasteiger partial charge is 0.347 e. The first-order valence-corrected chi connectivity index (χ1v) is 5.05. The molecule has 0 amide bonds. The maximum Gasteiger partial charge on any atom is 0.175 e. The van der Waals surface area contributed by atoms with E-state index in [0.29, 0.717) is 19.1 Å². The number of hydrogen-bond acceptors (Lipinski definition) is 3. The van der Waals surface area contributed by atoms with E-state index in [2.05, 4.69) is 0 Å². The van der Waals surface area contributed by atoms with Crippen LogP contribution in [0.25, 0.3) is 0 Å². The monoisotopic (exact) mass is 206 g/mol. The molecular weight excluding hydrogens is 192 g/mol. The summed E-state index contributed by atoms with van der Waals surface area (Å²) in [6.07, 6.45) is 2.44. The van der Waals surface area contributed by atoms with Crippen molar-refractivity contribution in [2.24, 2.45) is 5.92 Å². The molecule has 0 aromatic rings. The highest BCUT2D eigenvalue weighted by Crippen LogP contribution is 2.29. The first kappa shape index (κ1) is 11.0. The molecule has 13 heavy (non-hydrogen) atoms. The second kappa shape index (κ2) is 4.94. The summed E-state index contributed by atoms with van der Waals surface area (Å²) < 4.78 is 10.8. The molecule has 1 aliphatic rings. The second-order valence-electron chi connectivity index (χ2n) is 3.29. The van der Waals surface area contributed by atoms with Gasteiger partial charge in [0.2, 0.25) is 0 Å². The molecule has 1 atom stereocenters. The minimum Gasteiger partial charge on any atom is -0.347 e. The van der Waals surface area contributed by atoms with E-state index in [9.17, 15) is 4.79 Å². The van der Waals surface area contributed by atoms with E-state index >= 15 is 0 Å². The molecule has 1 saturated heterocycles. The van der Waals surface area contributed by atoms with Crippen LogP contribution in [-0.4, -0.2) is 31.2 Å². The molecular formula is C9H15ClO3. The molecule has 1 aliphatic heterocycles. The van der Waals surface area contributed by atoms with Gasteiger partial charge in [0, 0.05) is 5.88 Å². The van der Waals surface area contributed by atoms with E-state index in [0.717, 1.165) is 19.1 Å². The van der Waals surface area contributed by atoms with Gasteiger partial charge in [-0.15, -0.1) is 11.6 Å². The third-order valence-corrected chi connectivity index (χ3v) is 2.61. The summed E-state index contributed by atoms with van der Waals surface area (Å²) in [5.41, 5.74) is 0. The number of carbonyl (C=O) groups excluding carboxylic acids is 1. The van der Waals surface area contributed by atoms with Gasteiger partial charge in [0.05, 0.1) is 19.1 Å². The van der Waals surface area contributed by atoms with Gasteiger partial charge in [0.15, 0.2) is 5.79 Å². The number of hydrogen-bond donors (Lipinski definition) is 0. The fraction of sp³-hybridized carbons (Fsp3) is 0.889. The third-order valence-electron chi connectivity index (χ3n) is 2.35. The molecule has 0 bridgehead atoms. The standard InChI is InChI=1S/C9H15ClO3/c1-9(12-5-6-13-9)8(7-11)3-2-4-10/h7-8H,2-6H2,1H3. The highest BCUT2D eigenvalue weighted by molar-refractivity contribution is 6.17. The van der Waals surface area contributed by atoms with Crippen LogP contribution in [0.2, 0.25) is 0 Å². The number of rotatable bonds is 5. The SMILES string of the molecule is CC1(C(C=O)CCCCl)OCCO1. The summed E-state index contributed by atoms with van der Waals surface area (Å²) in [7, 11) is 0. The predicted octanol–water partition coefficient (Wildman–Crippen LogP) is 1.58. The smallest absolute Gasteiger partial charge is 0.175 e. The zero-order valence-corrected chi connectivity index (χ0v) is 8.55. The zero-order chi connectivity index (χ0) is 9.73. The zero-order valence-electron chi connectivity index (χ0n) is 7.79. The molecule has 1 rings (SSSR count). The Bertz CT molecular complexity index is 166. The molecule has 0 radical (unpaired) electrons. The van der Waals surface area contributed by atoms with Crippen molar-refractivity contribution in [1.82, 2.24) is 0 Å². The highest BCUT2D eigenvalue weighted by atomic mass is 35.5. The van der Waals surface area contributed by atoms with Crippen LogP contribution in [0.1, 0.15) is 19.8 Å². The minimum atomic E-state index is -0.714. The number of ether oxygens (including phenoxy) is 2. The van der Waals surface area contributed by atoms with Gasteiger partial charge in [0.1, 0.15) is 6.29 Å². The lowest BCUT2D eigenvalue weighted by Crippen LogP contribution is -2.36. The van der Waals surface area contributed by atoms with E-state index in [1.165, 1.54) is 0 Å². The lowest BCUT2D eigenvalue weighted by atomic mass is 9.96. The fourth-order valence-electron chi connectivity index (χ4n) is 1.50. The van der Waals surface area contributed by atoms with Crippen molar-refractivity contribution >= 4 is 17.9 Å². The van der Waals surface area contributed by atoms with Crippen molar-refractivity contribution in [1.29, 1.82) is 0 Å². The Balaban J connectivity index is 2.48. The summed E-state index contributed by atoms with van der Waals surface area (Å²) in [5, 5.41) is 0. The molecule has 1 heterocycles. The number of aldehydes is 1. The molecule has 76 valence electrons. The van der Waals surface area contributed by atoms with Gasteiger partial charge in [0.25, 0.3) is 0 Å². The molecule has 0 spiro atoms. The Morgan fingerprint density at radius 1 is 1.54 bits per heavy atom. The van der Waals surface area contributed by atoms with Gasteiger partial charge < -0.3 is 14.3 Å². The molecule has 0 N–H and O–H groups in total. The molecule has 1 fully saturated rings. The highest BCUT2D eigenvalue weighted by Gasteiger charge is 2.39. The van der Waals surface area contributed by atoms with Crippen molar-refractivity contribution < 1.29 is 14.3 Å². The molecule has 3 nitrogen and oxygen atoms in total. The minimum absolute atomic E-state index is 0.200. The van der Waals surface area contributed by atoms with Gasteiger partial charge >= 0.3 is 0 Å². The topological polar surface area (TPSA) is 35.5 Å². The van der Waals surface area contributed by atoms with Crippen molar-refractivity contribution in [3.63, 3.8) is 0 Å². The Kier molecular flexibility index (Phi) is 4.16. The summed E-state index contributed by atoms with van der Waals surface area (Å²) in [4.78, 5) is 10.8. The van der Waals surface area contributed by atoms with Crippen LogP contribution in [-0.2, 0) is 14.3 Å². The van der Waals surface area contributed by atoms with Crippen LogP contribution >= 0.6 is 11.6 Å². The Morgan fingerprint density at radius 3 is 2.62 bits per heavy atom. The lowest BCUT2D eigenvalue weighted by Gasteiger charge is -2.28. The van der Waals surface area contributed by atoms with Crippen molar-refractivity contribution in [2.45, 2.75) is 25.6 Å². The van der Waals surface area contributed by atoms with Gasteiger partial charge in [-0.1, -0.05) is 0 Å². The normalized spacial score (nSPS) is 22.9. The van der Waals surface area contributed by atoms with Gasteiger partial charge in [-0.2, -0.15) is 0 Å². The molecule has 0 aliphatic carbocycles. The quantitative estimate of drug-likeness (QED) is 0.506. The molecule has 4 heteroatoms. The van der Waals surface area contributed by atoms with Crippen molar-refractivity contribution in [3.05, 3.63) is 0 Å². The van der Waals surface area contributed by atoms with Crippen LogP contribution in [0.5, 0.6) is 0 Å². The van der Waals surface area contributed by atoms with E-state index in [1.54, 1.807) is 0 Å². The van der Waals surface area contributed by atoms with Gasteiger partial charge in [-0.3, -0.25) is 0 Å². The van der Waals surface area contributed by atoms with Crippen molar-refractivity contribution in [2.75, 3.05) is 19.1 Å². The number of halogens is 1. The van der Waals surface area contributed by atoms with E-state index < -0.39 is 5.79 Å². The van der Waals surface area contributed by atoms with Crippen LogP contribution in [0, 0.1) is 5.92 Å². The van der Waals surface area contributed by atoms with Crippen LogP contribution in [0.3, 0.4) is 0 Å². The average Bonchev–Trinajstić information content (AvgIpc) is 2.54. The van der Waals surface area contributed by atoms with Gasteiger partial charge in [-0.05, 0) is 19.8 Å². The van der Waals surface area contributed by atoms with Crippen LogP contribution in [0.15, 0.2) is 0 Å². The number of carbonyl (C=O) groups is 1. The van der Waals surface area contributed by atoms with Crippen molar-refractivity contribution in [3.8, 4) is 0 Å². The van der Waals surface area contributed by atoms with Gasteiger partial charge in [-0.25, -0.2) is 0 Å². The molecule has 1 unspecified atom stereocenters. The third kappa shape index (κ3) is 2.66. The van der Waals surface area contributed by atoms with Crippen LogP contribution < -0.4 is 0 Å². The predicted molar refractivity (Wildman–Crippen MR) is 49.8 cm³/mol. The average molecular weight is 207 g/mol. The first-order chi connectivity index (χ1) is 6.23. The summed E-state index contributed by atoms with van der Waals surface area (Å²) >= 11 is 5.56. The Labute approximate surface area is 83.3 Å². The maximum absolute atomic E-state index is 10.8. The summed E-state index contributed by atoms with van der Waals surface area (Å²) in [5.74, 6) is -0.345. The molecule has 0 aromatic heterocycles. The van der Waals surface area contributed by atoms with E-state index in [4.69, 9.17) is 21.1 Å². The van der Waals surface area contributed by atoms with Crippen LogP contribution in [0.4, 0.5) is 0 Å². The maximum atomic E-state index is 10.8. The molecule has 0 aromatic carbocycles. The fourth-order valence-corrected chi connectivity index (χ4v) is 1.65. The first-order valence-electron chi connectivity index (χ1n) is 4.52. The second-order valence-corrected chi connectivity index (χ2v) is 3.66.